The Bertz CT molecular complexity index is 450. The van der Waals surface area contributed by atoms with Crippen LogP contribution in [0.2, 0.25) is 0 Å². The van der Waals surface area contributed by atoms with E-state index in [1.165, 1.54) is 25.7 Å². The lowest BCUT2D eigenvalue weighted by atomic mass is 9.50. The maximum atomic E-state index is 11.8. The molecule has 4 aliphatic rings. The molecule has 8 atom stereocenters. The van der Waals surface area contributed by atoms with E-state index in [4.69, 9.17) is 0 Å². The summed E-state index contributed by atoms with van der Waals surface area (Å²) in [5.74, 6) is 4.35. The van der Waals surface area contributed by atoms with E-state index in [1.807, 2.05) is 0 Å². The van der Waals surface area contributed by atoms with Crippen LogP contribution in [-0.4, -0.2) is 20.9 Å². The van der Waals surface area contributed by atoms with Gasteiger partial charge in [-0.15, -0.1) is 0 Å². The van der Waals surface area contributed by atoms with Gasteiger partial charge in [-0.2, -0.15) is 0 Å². The van der Waals surface area contributed by atoms with Crippen LogP contribution in [0.1, 0.15) is 58.3 Å². The molecule has 0 spiro atoms. The smallest absolute Gasteiger partial charge is 0.133 e. The fourth-order valence-corrected chi connectivity index (χ4v) is 8.28. The van der Waals surface area contributed by atoms with Crippen LogP contribution in [0, 0.1) is 35.0 Å². The second-order valence-corrected chi connectivity index (χ2v) is 10.0. The van der Waals surface area contributed by atoms with E-state index in [1.54, 1.807) is 0 Å². The Morgan fingerprint density at radius 3 is 2.81 bits per heavy atom. The number of halogens is 1. The minimum Gasteiger partial charge on any atom is -0.393 e. The maximum Gasteiger partial charge on any atom is 0.133 e. The summed E-state index contributed by atoms with van der Waals surface area (Å²) in [6, 6.07) is 0. The molecule has 4 saturated carbocycles. The van der Waals surface area contributed by atoms with Crippen molar-refractivity contribution >= 4 is 28.4 Å². The molecule has 4 unspecified atom stereocenters. The molecule has 0 heterocycles. The zero-order valence-corrected chi connectivity index (χ0v) is 15.1. The van der Waals surface area contributed by atoms with Gasteiger partial charge in [0.05, 0.1) is 6.10 Å². The number of rotatable bonds is 0. The molecule has 4 rings (SSSR count). The summed E-state index contributed by atoms with van der Waals surface area (Å²) in [6.45, 7) is 2.35. The first-order valence-electron chi connectivity index (χ1n) is 8.84. The van der Waals surface area contributed by atoms with Gasteiger partial charge in [0.25, 0.3) is 0 Å². The first-order valence-corrected chi connectivity index (χ1v) is 10.1. The zero-order chi connectivity index (χ0) is 14.8. The highest BCUT2D eigenvalue weighted by atomic mass is 127. The molecule has 0 saturated heterocycles. The first-order chi connectivity index (χ1) is 10.0. The summed E-state index contributed by atoms with van der Waals surface area (Å²) in [5.41, 5.74) is 0.182. The largest absolute Gasteiger partial charge is 0.393 e. The standard InChI is InChI=1S/C18H27IO2/c1-18-7-6-13-12-3-2-11(20)8-10(12)9-15(19)17(13)14(18)4-5-16(18)21/h10,12-17,21H,2-9H2,1H3/t10?,12?,13-,14+,15-,16?,17-,18?/m1/s1. The van der Waals surface area contributed by atoms with Crippen LogP contribution in [0.3, 0.4) is 0 Å². The highest BCUT2D eigenvalue weighted by Gasteiger charge is 2.58. The van der Waals surface area contributed by atoms with Crippen LogP contribution in [0.15, 0.2) is 0 Å². The molecule has 2 nitrogen and oxygen atoms in total. The molecule has 0 bridgehead atoms. The number of carbonyl (C=O) groups excluding carboxylic acids is 1. The molecule has 21 heavy (non-hydrogen) atoms. The Hall–Kier alpha value is 0.360. The van der Waals surface area contributed by atoms with E-state index in [-0.39, 0.29) is 11.5 Å². The van der Waals surface area contributed by atoms with Gasteiger partial charge >= 0.3 is 0 Å². The summed E-state index contributed by atoms with van der Waals surface area (Å²) in [5, 5.41) is 10.5. The normalized spacial score (nSPS) is 56.5. The van der Waals surface area contributed by atoms with Gasteiger partial charge in [-0.25, -0.2) is 0 Å². The minimum absolute atomic E-state index is 0.0716. The molecule has 0 aromatic rings. The van der Waals surface area contributed by atoms with Gasteiger partial charge < -0.3 is 5.11 Å². The van der Waals surface area contributed by atoms with Crippen LogP contribution < -0.4 is 0 Å². The Labute approximate surface area is 141 Å². The molecule has 0 amide bonds. The van der Waals surface area contributed by atoms with E-state index in [0.29, 0.717) is 11.7 Å². The lowest BCUT2D eigenvalue weighted by molar-refractivity contribution is -0.127. The van der Waals surface area contributed by atoms with Crippen molar-refractivity contribution in [3.8, 4) is 0 Å². The third-order valence-electron chi connectivity index (χ3n) is 7.68. The van der Waals surface area contributed by atoms with Crippen LogP contribution in [0.5, 0.6) is 0 Å². The molecule has 1 N–H and O–H groups in total. The van der Waals surface area contributed by atoms with Crippen molar-refractivity contribution < 1.29 is 9.90 Å². The van der Waals surface area contributed by atoms with E-state index in [2.05, 4.69) is 29.5 Å². The fraction of sp³-hybridized carbons (Fsp3) is 0.944. The second-order valence-electron chi connectivity index (χ2n) is 8.44. The van der Waals surface area contributed by atoms with Gasteiger partial charge in [-0.05, 0) is 73.5 Å². The van der Waals surface area contributed by atoms with Gasteiger partial charge in [0.1, 0.15) is 5.78 Å². The highest BCUT2D eigenvalue weighted by Crippen LogP contribution is 2.63. The van der Waals surface area contributed by atoms with E-state index < -0.39 is 0 Å². The molecular weight excluding hydrogens is 375 g/mol. The summed E-state index contributed by atoms with van der Waals surface area (Å²) in [4.78, 5) is 11.8. The Morgan fingerprint density at radius 2 is 2.00 bits per heavy atom. The Morgan fingerprint density at radius 1 is 1.19 bits per heavy atom. The molecule has 0 aromatic carbocycles. The lowest BCUT2D eigenvalue weighted by Crippen LogP contribution is -2.53. The molecular formula is C18H27IO2. The number of alkyl halides is 1. The summed E-state index contributed by atoms with van der Waals surface area (Å²) in [7, 11) is 0. The van der Waals surface area contributed by atoms with E-state index in [9.17, 15) is 9.90 Å². The number of carbonyl (C=O) groups is 1. The second kappa shape index (κ2) is 5.19. The van der Waals surface area contributed by atoms with Crippen molar-refractivity contribution in [1.29, 1.82) is 0 Å². The molecule has 4 fully saturated rings. The van der Waals surface area contributed by atoms with Crippen LogP contribution in [0.4, 0.5) is 0 Å². The van der Waals surface area contributed by atoms with Gasteiger partial charge in [0, 0.05) is 16.8 Å². The molecule has 0 aromatic heterocycles. The maximum absolute atomic E-state index is 11.8. The first kappa shape index (κ1) is 14.9. The third-order valence-corrected chi connectivity index (χ3v) is 9.02. The lowest BCUT2D eigenvalue weighted by Gasteiger charge is -2.56. The van der Waals surface area contributed by atoms with Gasteiger partial charge in [-0.3, -0.25) is 4.79 Å². The molecule has 4 aliphatic carbocycles. The SMILES string of the molecule is CC12CC[C@@H]3C4CCC(=O)CC4C[C@@H](I)[C@H]3[C@@H]1CCC2O. The Balaban J connectivity index is 1.63. The van der Waals surface area contributed by atoms with Gasteiger partial charge in [0.15, 0.2) is 0 Å². The highest BCUT2D eigenvalue weighted by molar-refractivity contribution is 14.1. The average Bonchev–Trinajstić information content (AvgIpc) is 2.74. The van der Waals surface area contributed by atoms with Crippen molar-refractivity contribution in [3.05, 3.63) is 0 Å². The number of ketones is 1. The number of hydrogen-bond acceptors (Lipinski definition) is 2. The van der Waals surface area contributed by atoms with Crippen molar-refractivity contribution in [3.63, 3.8) is 0 Å². The molecule has 3 heteroatoms. The van der Waals surface area contributed by atoms with Crippen LogP contribution >= 0.6 is 22.6 Å². The number of hydrogen-bond donors (Lipinski definition) is 1. The van der Waals surface area contributed by atoms with Crippen molar-refractivity contribution in [1.82, 2.24) is 0 Å². The fourth-order valence-electron chi connectivity index (χ4n) is 6.59. The minimum atomic E-state index is -0.0716. The number of aliphatic hydroxyl groups excluding tert-OH is 1. The zero-order valence-electron chi connectivity index (χ0n) is 12.9. The predicted molar refractivity (Wildman–Crippen MR) is 91.3 cm³/mol. The van der Waals surface area contributed by atoms with Gasteiger partial charge in [-0.1, -0.05) is 29.5 Å². The number of fused-ring (bicyclic) bond motifs is 5. The van der Waals surface area contributed by atoms with Crippen molar-refractivity contribution in [2.45, 2.75) is 68.3 Å². The molecule has 0 radical (unpaired) electrons. The van der Waals surface area contributed by atoms with Crippen LogP contribution in [-0.2, 0) is 4.79 Å². The molecule has 118 valence electrons. The van der Waals surface area contributed by atoms with E-state index >= 15 is 0 Å². The molecule has 0 aliphatic heterocycles. The third kappa shape index (κ3) is 2.16. The van der Waals surface area contributed by atoms with Gasteiger partial charge in [0.2, 0.25) is 0 Å². The quantitative estimate of drug-likeness (QED) is 0.492. The Kier molecular flexibility index (Phi) is 3.68. The average molecular weight is 402 g/mol. The summed E-state index contributed by atoms with van der Waals surface area (Å²) in [6.07, 6.45) is 8.77. The van der Waals surface area contributed by atoms with Crippen molar-refractivity contribution in [2.75, 3.05) is 0 Å². The van der Waals surface area contributed by atoms with Crippen LogP contribution in [0.25, 0.3) is 0 Å². The van der Waals surface area contributed by atoms with Crippen molar-refractivity contribution in [2.24, 2.45) is 35.0 Å². The number of aliphatic hydroxyl groups is 1. The van der Waals surface area contributed by atoms with E-state index in [0.717, 1.165) is 53.3 Å². The summed E-state index contributed by atoms with van der Waals surface area (Å²) >= 11 is 2.68. The summed E-state index contributed by atoms with van der Waals surface area (Å²) < 4.78 is 0.717. The predicted octanol–water partition coefficient (Wildman–Crippen LogP) is 3.98. The monoisotopic (exact) mass is 402 g/mol. The number of Topliss-reactive ketones (excluding diaryl/α,β-unsaturated/α-hetero) is 1. The topological polar surface area (TPSA) is 37.3 Å².